The van der Waals surface area contributed by atoms with Gasteiger partial charge in [0.15, 0.2) is 9.84 Å². The minimum absolute atomic E-state index is 0.0633. The highest BCUT2D eigenvalue weighted by Gasteiger charge is 2.50. The van der Waals surface area contributed by atoms with Crippen LogP contribution in [0.1, 0.15) is 35.1 Å². The number of hydrogen-bond donors (Lipinski definition) is 0. The first-order chi connectivity index (χ1) is 13.8. The van der Waals surface area contributed by atoms with Crippen molar-refractivity contribution in [2.75, 3.05) is 25.2 Å². The number of anilines is 1. The summed E-state index contributed by atoms with van der Waals surface area (Å²) in [5.41, 5.74) is 3.01. The van der Waals surface area contributed by atoms with E-state index in [2.05, 4.69) is 0 Å². The highest BCUT2D eigenvalue weighted by atomic mass is 32.2. The Balaban J connectivity index is 1.60. The molecule has 1 saturated heterocycles. The summed E-state index contributed by atoms with van der Waals surface area (Å²) in [5, 5.41) is 8.87. The number of fused-ring (bicyclic) bond motifs is 2. The normalized spacial score (nSPS) is 17.9. The lowest BCUT2D eigenvalue weighted by molar-refractivity contribution is -0.126. The largest absolute Gasteiger partial charge is 0.381 e. The Hall–Kier alpha value is -2.69. The number of nitrogens with zero attached hydrogens (tertiary/aromatic N) is 2. The fraction of sp³-hybridized carbons (Fsp3) is 0.364. The number of carbonyl (C=O) groups is 1. The standard InChI is InChI=1S/C22H22N2O4S/c1-24-20-7-6-18(12-19(20)22(21(24)25)8-10-28-11-9-22)15-29(26,27)14-17-4-2-16(13-23)3-5-17/h2-7,12H,8-11,14-15H2,1H3. The Kier molecular flexibility index (Phi) is 4.93. The van der Waals surface area contributed by atoms with Crippen molar-refractivity contribution in [3.05, 3.63) is 64.7 Å². The van der Waals surface area contributed by atoms with Crippen molar-refractivity contribution in [1.82, 2.24) is 0 Å². The SMILES string of the molecule is CN1C(=O)C2(CCOCC2)c2cc(CS(=O)(=O)Cc3ccc(C#N)cc3)ccc21. The summed E-state index contributed by atoms with van der Waals surface area (Å²) in [6, 6.07) is 14.1. The first-order valence-corrected chi connectivity index (χ1v) is 11.4. The van der Waals surface area contributed by atoms with Gasteiger partial charge in [0.05, 0.1) is 28.6 Å². The molecule has 0 aliphatic carbocycles. The third-order valence-electron chi connectivity index (χ3n) is 5.85. The van der Waals surface area contributed by atoms with Crippen LogP contribution in [0.4, 0.5) is 5.69 Å². The molecule has 4 rings (SSSR count). The Morgan fingerprint density at radius 2 is 1.69 bits per heavy atom. The average molecular weight is 410 g/mol. The van der Waals surface area contributed by atoms with Gasteiger partial charge in [-0.25, -0.2) is 8.42 Å². The number of rotatable bonds is 4. The maximum Gasteiger partial charge on any atom is 0.237 e. The molecule has 6 nitrogen and oxygen atoms in total. The van der Waals surface area contributed by atoms with Crippen molar-refractivity contribution in [3.63, 3.8) is 0 Å². The number of likely N-dealkylation sites (N-methyl/N-ethyl adjacent to an activating group) is 1. The molecule has 0 saturated carbocycles. The van der Waals surface area contributed by atoms with Gasteiger partial charge in [-0.3, -0.25) is 4.79 Å². The maximum absolute atomic E-state index is 13.0. The molecule has 29 heavy (non-hydrogen) atoms. The monoisotopic (exact) mass is 410 g/mol. The van der Waals surface area contributed by atoms with Crippen molar-refractivity contribution in [1.29, 1.82) is 5.26 Å². The van der Waals surface area contributed by atoms with Gasteiger partial charge in [-0.05, 0) is 47.7 Å². The minimum atomic E-state index is -3.40. The molecule has 1 spiro atoms. The zero-order valence-electron chi connectivity index (χ0n) is 16.2. The summed E-state index contributed by atoms with van der Waals surface area (Å²) in [6.07, 6.45) is 1.23. The topological polar surface area (TPSA) is 87.5 Å². The Morgan fingerprint density at radius 3 is 2.34 bits per heavy atom. The van der Waals surface area contributed by atoms with Crippen LogP contribution in [0, 0.1) is 11.3 Å². The van der Waals surface area contributed by atoms with E-state index in [0.29, 0.717) is 42.7 Å². The average Bonchev–Trinajstić information content (AvgIpc) is 2.90. The molecule has 0 unspecified atom stereocenters. The maximum atomic E-state index is 13.0. The zero-order chi connectivity index (χ0) is 20.6. The first kappa shape index (κ1) is 19.6. The molecule has 0 atom stereocenters. The van der Waals surface area contributed by atoms with E-state index < -0.39 is 15.3 Å². The van der Waals surface area contributed by atoms with E-state index in [9.17, 15) is 13.2 Å². The van der Waals surface area contributed by atoms with E-state index in [-0.39, 0.29) is 17.4 Å². The first-order valence-electron chi connectivity index (χ1n) is 9.53. The van der Waals surface area contributed by atoms with Crippen molar-refractivity contribution in [2.24, 2.45) is 0 Å². The second-order valence-corrected chi connectivity index (χ2v) is 9.82. The Bertz CT molecular complexity index is 1090. The molecule has 1 amide bonds. The number of hydrogen-bond acceptors (Lipinski definition) is 5. The van der Waals surface area contributed by atoms with Crippen LogP contribution in [0.2, 0.25) is 0 Å². The summed E-state index contributed by atoms with van der Waals surface area (Å²) in [4.78, 5) is 14.6. The summed E-state index contributed by atoms with van der Waals surface area (Å²) in [7, 11) is -1.63. The smallest absolute Gasteiger partial charge is 0.237 e. The molecule has 2 aromatic rings. The lowest BCUT2D eigenvalue weighted by Gasteiger charge is -2.32. The van der Waals surface area contributed by atoms with Gasteiger partial charge in [-0.15, -0.1) is 0 Å². The van der Waals surface area contributed by atoms with Gasteiger partial charge in [0.2, 0.25) is 5.91 Å². The third-order valence-corrected chi connectivity index (χ3v) is 7.40. The highest BCUT2D eigenvalue weighted by Crippen LogP contribution is 2.47. The Morgan fingerprint density at radius 1 is 1.07 bits per heavy atom. The van der Waals surface area contributed by atoms with Gasteiger partial charge in [0, 0.05) is 25.9 Å². The van der Waals surface area contributed by atoms with E-state index in [0.717, 1.165) is 11.3 Å². The molecule has 2 aliphatic rings. The van der Waals surface area contributed by atoms with E-state index in [1.807, 2.05) is 18.2 Å². The molecular formula is C22H22N2O4S. The van der Waals surface area contributed by atoms with E-state index >= 15 is 0 Å². The van der Waals surface area contributed by atoms with Crippen LogP contribution < -0.4 is 4.90 Å². The number of nitriles is 1. The molecule has 0 bridgehead atoms. The van der Waals surface area contributed by atoms with Gasteiger partial charge < -0.3 is 9.64 Å². The quantitative estimate of drug-likeness (QED) is 0.773. The fourth-order valence-electron chi connectivity index (χ4n) is 4.33. The second-order valence-electron chi connectivity index (χ2n) is 7.75. The summed E-state index contributed by atoms with van der Waals surface area (Å²) in [6.45, 7) is 1.06. The number of amides is 1. The van der Waals surface area contributed by atoms with Crippen LogP contribution in [0.3, 0.4) is 0 Å². The number of carbonyl (C=O) groups excluding carboxylic acids is 1. The van der Waals surface area contributed by atoms with Gasteiger partial charge >= 0.3 is 0 Å². The van der Waals surface area contributed by atoms with E-state index in [1.165, 1.54) is 0 Å². The third kappa shape index (κ3) is 3.54. The summed E-state index contributed by atoms with van der Waals surface area (Å²) >= 11 is 0. The number of ether oxygens (including phenoxy) is 1. The molecule has 0 radical (unpaired) electrons. The van der Waals surface area contributed by atoms with Crippen molar-refractivity contribution in [2.45, 2.75) is 29.8 Å². The van der Waals surface area contributed by atoms with Crippen LogP contribution in [0.25, 0.3) is 0 Å². The van der Waals surface area contributed by atoms with Crippen molar-refractivity contribution in [3.8, 4) is 6.07 Å². The van der Waals surface area contributed by atoms with Crippen LogP contribution in [-0.2, 0) is 36.3 Å². The summed E-state index contributed by atoms with van der Waals surface area (Å²) < 4.78 is 31.0. The molecule has 150 valence electrons. The van der Waals surface area contributed by atoms with E-state index in [1.54, 1.807) is 42.3 Å². The van der Waals surface area contributed by atoms with Crippen LogP contribution in [0.5, 0.6) is 0 Å². The summed E-state index contributed by atoms with van der Waals surface area (Å²) in [5.74, 6) is -0.119. The lowest BCUT2D eigenvalue weighted by Crippen LogP contribution is -2.42. The molecule has 0 aromatic heterocycles. The highest BCUT2D eigenvalue weighted by molar-refractivity contribution is 7.89. The fourth-order valence-corrected chi connectivity index (χ4v) is 5.82. The molecule has 0 N–H and O–H groups in total. The van der Waals surface area contributed by atoms with Crippen LogP contribution in [0.15, 0.2) is 42.5 Å². The van der Waals surface area contributed by atoms with Gasteiger partial charge in [-0.1, -0.05) is 24.3 Å². The van der Waals surface area contributed by atoms with Gasteiger partial charge in [0.1, 0.15) is 0 Å². The molecule has 2 heterocycles. The van der Waals surface area contributed by atoms with E-state index in [4.69, 9.17) is 10.00 Å². The lowest BCUT2D eigenvalue weighted by atomic mass is 9.75. The van der Waals surface area contributed by atoms with Crippen molar-refractivity contribution >= 4 is 21.4 Å². The predicted octanol–water partition coefficient (Wildman–Crippen LogP) is 2.70. The van der Waals surface area contributed by atoms with Gasteiger partial charge in [0.25, 0.3) is 0 Å². The van der Waals surface area contributed by atoms with Crippen LogP contribution in [-0.4, -0.2) is 34.6 Å². The molecule has 7 heteroatoms. The Labute approximate surface area is 170 Å². The van der Waals surface area contributed by atoms with Crippen LogP contribution >= 0.6 is 0 Å². The van der Waals surface area contributed by atoms with Gasteiger partial charge in [-0.2, -0.15) is 5.26 Å². The van der Waals surface area contributed by atoms with Crippen molar-refractivity contribution < 1.29 is 17.9 Å². The molecule has 1 fully saturated rings. The molecular weight excluding hydrogens is 388 g/mol. The predicted molar refractivity (Wildman–Crippen MR) is 109 cm³/mol. The molecule has 2 aliphatic heterocycles. The molecule has 2 aromatic carbocycles. The zero-order valence-corrected chi connectivity index (χ0v) is 17.0. The number of sulfone groups is 1. The minimum Gasteiger partial charge on any atom is -0.381 e. The number of benzene rings is 2. The second kappa shape index (κ2) is 7.29.